The number of benzene rings is 1. The average Bonchev–Trinajstić information content (AvgIpc) is 2.38. The number of anilines is 1. The zero-order valence-electron chi connectivity index (χ0n) is 11.6. The predicted molar refractivity (Wildman–Crippen MR) is 75.1 cm³/mol. The smallest absolute Gasteiger partial charge is 0.327 e. The second-order valence-electron chi connectivity index (χ2n) is 4.56. The van der Waals surface area contributed by atoms with Crippen LogP contribution in [0.15, 0.2) is 18.2 Å². The summed E-state index contributed by atoms with van der Waals surface area (Å²) in [5, 5.41) is 11.0. The van der Waals surface area contributed by atoms with E-state index < -0.39 is 16.4 Å². The van der Waals surface area contributed by atoms with Crippen LogP contribution in [0.25, 0.3) is 0 Å². The van der Waals surface area contributed by atoms with Crippen molar-refractivity contribution in [3.05, 3.63) is 34.1 Å². The summed E-state index contributed by atoms with van der Waals surface area (Å²) in [6.07, 6.45) is 3.90. The summed E-state index contributed by atoms with van der Waals surface area (Å²) in [6.45, 7) is 5.58. The monoisotopic (exact) mass is 268 g/mol. The molecule has 1 aromatic rings. The van der Waals surface area contributed by atoms with Gasteiger partial charge in [-0.3, -0.25) is 10.1 Å². The number of unbranched alkanes of at least 4 members (excludes halogenated alkanes) is 2. The van der Waals surface area contributed by atoms with Crippen molar-refractivity contribution in [3.8, 4) is 0 Å². The van der Waals surface area contributed by atoms with Crippen LogP contribution in [0.5, 0.6) is 0 Å². The molecule has 0 aliphatic rings. The van der Waals surface area contributed by atoms with E-state index in [0.717, 1.165) is 44.8 Å². The summed E-state index contributed by atoms with van der Waals surface area (Å²) in [6, 6.07) is 4.30. The maximum absolute atomic E-state index is 13.6. The van der Waals surface area contributed by atoms with Crippen molar-refractivity contribution in [2.24, 2.45) is 0 Å². The van der Waals surface area contributed by atoms with Gasteiger partial charge in [0.2, 0.25) is 5.82 Å². The quantitative estimate of drug-likeness (QED) is 0.526. The number of nitro groups is 1. The highest BCUT2D eigenvalue weighted by Crippen LogP contribution is 2.31. The van der Waals surface area contributed by atoms with Gasteiger partial charge in [0, 0.05) is 13.1 Å². The lowest BCUT2D eigenvalue weighted by molar-refractivity contribution is -0.386. The van der Waals surface area contributed by atoms with Gasteiger partial charge < -0.3 is 4.90 Å². The standard InChI is InChI=1S/C14H21FN2O2/c1-3-5-10-16(11-6-4-2)13-9-7-8-12(15)14(13)17(18)19/h7-9H,3-6,10-11H2,1-2H3. The molecule has 0 fully saturated rings. The Hall–Kier alpha value is -1.65. The summed E-state index contributed by atoms with van der Waals surface area (Å²) in [5.74, 6) is -0.763. The SMILES string of the molecule is CCCCN(CCCC)c1cccc(F)c1[N+](=O)[O-]. The molecule has 106 valence electrons. The lowest BCUT2D eigenvalue weighted by Crippen LogP contribution is -2.26. The van der Waals surface area contributed by atoms with Gasteiger partial charge in [-0.25, -0.2) is 0 Å². The molecular weight excluding hydrogens is 247 g/mol. The summed E-state index contributed by atoms with van der Waals surface area (Å²) < 4.78 is 13.6. The highest BCUT2D eigenvalue weighted by atomic mass is 19.1. The van der Waals surface area contributed by atoms with Crippen LogP contribution in [0.2, 0.25) is 0 Å². The Morgan fingerprint density at radius 1 is 1.21 bits per heavy atom. The van der Waals surface area contributed by atoms with Crippen LogP contribution in [-0.2, 0) is 0 Å². The molecule has 0 aliphatic heterocycles. The van der Waals surface area contributed by atoms with E-state index in [1.165, 1.54) is 6.07 Å². The fourth-order valence-corrected chi connectivity index (χ4v) is 1.99. The van der Waals surface area contributed by atoms with Crippen LogP contribution < -0.4 is 4.90 Å². The molecule has 0 N–H and O–H groups in total. The number of hydrogen-bond acceptors (Lipinski definition) is 3. The van der Waals surface area contributed by atoms with Gasteiger partial charge in [0.05, 0.1) is 4.92 Å². The Bertz CT molecular complexity index is 416. The Labute approximate surface area is 113 Å². The van der Waals surface area contributed by atoms with Gasteiger partial charge in [-0.05, 0) is 25.0 Å². The van der Waals surface area contributed by atoms with Gasteiger partial charge in [0.1, 0.15) is 5.69 Å². The molecule has 0 bridgehead atoms. The molecule has 19 heavy (non-hydrogen) atoms. The van der Waals surface area contributed by atoms with Crippen molar-refractivity contribution >= 4 is 11.4 Å². The van der Waals surface area contributed by atoms with Crippen molar-refractivity contribution in [1.82, 2.24) is 0 Å². The summed E-state index contributed by atoms with van der Waals surface area (Å²) in [5.41, 5.74) is -0.0124. The Morgan fingerprint density at radius 2 is 1.79 bits per heavy atom. The molecule has 1 rings (SSSR count). The normalized spacial score (nSPS) is 10.5. The molecule has 0 aromatic heterocycles. The van der Waals surface area contributed by atoms with Crippen molar-refractivity contribution in [2.75, 3.05) is 18.0 Å². The lowest BCUT2D eigenvalue weighted by atomic mass is 10.2. The van der Waals surface area contributed by atoms with Crippen LogP contribution in [-0.4, -0.2) is 18.0 Å². The number of hydrogen-bond donors (Lipinski definition) is 0. The van der Waals surface area contributed by atoms with Crippen molar-refractivity contribution < 1.29 is 9.31 Å². The maximum Gasteiger partial charge on any atom is 0.327 e. The van der Waals surface area contributed by atoms with Gasteiger partial charge in [0.15, 0.2) is 0 Å². The van der Waals surface area contributed by atoms with Crippen LogP contribution in [0, 0.1) is 15.9 Å². The van der Waals surface area contributed by atoms with Gasteiger partial charge >= 0.3 is 5.69 Å². The summed E-state index contributed by atoms with van der Waals surface area (Å²) >= 11 is 0. The highest BCUT2D eigenvalue weighted by molar-refractivity contribution is 5.63. The van der Waals surface area contributed by atoms with E-state index in [0.29, 0.717) is 5.69 Å². The molecule has 5 heteroatoms. The lowest BCUT2D eigenvalue weighted by Gasteiger charge is -2.24. The third-order valence-electron chi connectivity index (χ3n) is 3.05. The Balaban J connectivity index is 3.06. The molecule has 0 saturated heterocycles. The second-order valence-corrected chi connectivity index (χ2v) is 4.56. The molecular formula is C14H21FN2O2. The van der Waals surface area contributed by atoms with Crippen LogP contribution in [0.3, 0.4) is 0 Å². The molecule has 0 radical (unpaired) electrons. The van der Waals surface area contributed by atoms with Crippen LogP contribution >= 0.6 is 0 Å². The average molecular weight is 268 g/mol. The second kappa shape index (κ2) is 7.71. The maximum atomic E-state index is 13.6. The van der Waals surface area contributed by atoms with E-state index in [4.69, 9.17) is 0 Å². The fourth-order valence-electron chi connectivity index (χ4n) is 1.99. The van der Waals surface area contributed by atoms with E-state index in [2.05, 4.69) is 13.8 Å². The predicted octanol–water partition coefficient (Wildman–Crippen LogP) is 4.14. The van der Waals surface area contributed by atoms with Gasteiger partial charge in [-0.1, -0.05) is 32.8 Å². The van der Waals surface area contributed by atoms with Crippen molar-refractivity contribution in [2.45, 2.75) is 39.5 Å². The zero-order chi connectivity index (χ0) is 14.3. The van der Waals surface area contributed by atoms with E-state index in [1.54, 1.807) is 6.07 Å². The highest BCUT2D eigenvalue weighted by Gasteiger charge is 2.23. The van der Waals surface area contributed by atoms with E-state index in [-0.39, 0.29) is 0 Å². The molecule has 0 atom stereocenters. The molecule has 4 nitrogen and oxygen atoms in total. The molecule has 0 saturated carbocycles. The minimum absolute atomic E-state index is 0.395. The fraction of sp³-hybridized carbons (Fsp3) is 0.571. The first-order valence-corrected chi connectivity index (χ1v) is 6.79. The van der Waals surface area contributed by atoms with Crippen molar-refractivity contribution in [3.63, 3.8) is 0 Å². The largest absolute Gasteiger partial charge is 0.366 e. The van der Waals surface area contributed by atoms with Gasteiger partial charge in [-0.15, -0.1) is 0 Å². The first kappa shape index (κ1) is 15.4. The minimum Gasteiger partial charge on any atom is -0.366 e. The topological polar surface area (TPSA) is 46.4 Å². The van der Waals surface area contributed by atoms with E-state index in [9.17, 15) is 14.5 Å². The molecule has 0 aliphatic carbocycles. The molecule has 0 unspecified atom stereocenters. The van der Waals surface area contributed by atoms with Crippen LogP contribution in [0.4, 0.5) is 15.8 Å². The van der Waals surface area contributed by atoms with Gasteiger partial charge in [0.25, 0.3) is 0 Å². The van der Waals surface area contributed by atoms with Gasteiger partial charge in [-0.2, -0.15) is 4.39 Å². The van der Waals surface area contributed by atoms with Crippen LogP contribution in [0.1, 0.15) is 39.5 Å². The molecule has 0 spiro atoms. The third kappa shape index (κ3) is 4.19. The number of halogens is 1. The van der Waals surface area contributed by atoms with E-state index in [1.807, 2.05) is 4.90 Å². The molecule has 0 heterocycles. The molecule has 1 aromatic carbocycles. The molecule has 0 amide bonds. The number of nitro benzene ring substituents is 1. The number of nitrogens with zero attached hydrogens (tertiary/aromatic N) is 2. The minimum atomic E-state index is -0.763. The van der Waals surface area contributed by atoms with Crippen molar-refractivity contribution in [1.29, 1.82) is 0 Å². The Kier molecular flexibility index (Phi) is 6.25. The third-order valence-corrected chi connectivity index (χ3v) is 3.05. The summed E-state index contributed by atoms with van der Waals surface area (Å²) in [7, 11) is 0. The zero-order valence-corrected chi connectivity index (χ0v) is 11.6. The first-order chi connectivity index (χ1) is 9.11. The number of rotatable bonds is 8. The number of para-hydroxylation sites is 1. The summed E-state index contributed by atoms with van der Waals surface area (Å²) in [4.78, 5) is 12.3. The Morgan fingerprint density at radius 3 is 2.26 bits per heavy atom. The first-order valence-electron chi connectivity index (χ1n) is 6.79. The van der Waals surface area contributed by atoms with E-state index >= 15 is 0 Å².